The Morgan fingerprint density at radius 2 is 2.04 bits per heavy atom. The van der Waals surface area contributed by atoms with Crippen molar-refractivity contribution in [3.05, 3.63) is 34.1 Å². The molecule has 1 unspecified atom stereocenters. The monoisotopic (exact) mass is 371 g/mol. The van der Waals surface area contributed by atoms with Crippen molar-refractivity contribution in [1.82, 2.24) is 9.88 Å². The number of nitrogens with one attached hydrogen (secondary N) is 1. The van der Waals surface area contributed by atoms with Crippen molar-refractivity contribution >= 4 is 22.6 Å². The number of fused-ring (bicyclic) bond motifs is 1. The largest absolute Gasteiger partial charge is 0.492 e. The average Bonchev–Trinajstić information content (AvgIpc) is 3.52. The van der Waals surface area contributed by atoms with Crippen LogP contribution in [0.2, 0.25) is 0 Å². The average molecular weight is 371 g/mol. The lowest BCUT2D eigenvalue weighted by Gasteiger charge is -2.38. The number of ether oxygens (including phenoxy) is 1. The molecule has 1 aromatic carbocycles. The predicted molar refractivity (Wildman–Crippen MR) is 104 cm³/mol. The van der Waals surface area contributed by atoms with Gasteiger partial charge in [-0.3, -0.25) is 4.79 Å². The summed E-state index contributed by atoms with van der Waals surface area (Å²) in [6.07, 6.45) is 6.98. The zero-order chi connectivity index (χ0) is 19.1. The number of carboxylic acid groups (broad SMARTS) is 1. The molecule has 2 aromatic rings. The van der Waals surface area contributed by atoms with Crippen LogP contribution in [0.5, 0.6) is 5.75 Å². The smallest absolute Gasteiger partial charge is 0.341 e. The lowest BCUT2D eigenvalue weighted by Crippen LogP contribution is -2.47. The number of methoxy groups -OCH3 is 1. The summed E-state index contributed by atoms with van der Waals surface area (Å²) in [5.41, 5.74) is 1.01. The highest BCUT2D eigenvalue weighted by molar-refractivity contribution is 5.97. The van der Waals surface area contributed by atoms with Crippen LogP contribution in [0, 0.1) is 0 Å². The standard InChI is InChI=1S/C20H25N3O4/c1-21-16-5-3-4-10-22(16)15-9-8-13-17(19(15)27-2)23(12-6-7-12)11-14(18(13)24)20(25)26/h8-9,11-12,16,21H,3-7,10H2,1-2H3,(H,25,26). The summed E-state index contributed by atoms with van der Waals surface area (Å²) in [7, 11) is 3.57. The van der Waals surface area contributed by atoms with E-state index in [1.54, 1.807) is 13.2 Å². The van der Waals surface area contributed by atoms with Gasteiger partial charge in [0, 0.05) is 18.8 Å². The highest BCUT2D eigenvalue weighted by Gasteiger charge is 2.31. The predicted octanol–water partition coefficient (Wildman–Crippen LogP) is 2.58. The van der Waals surface area contributed by atoms with Gasteiger partial charge in [0.2, 0.25) is 5.43 Å². The maximum absolute atomic E-state index is 12.8. The topological polar surface area (TPSA) is 83.8 Å². The number of carboxylic acids is 1. The van der Waals surface area contributed by atoms with Crippen LogP contribution in [0.4, 0.5) is 5.69 Å². The molecule has 7 heteroatoms. The van der Waals surface area contributed by atoms with Gasteiger partial charge in [-0.2, -0.15) is 0 Å². The number of aromatic carboxylic acids is 1. The Balaban J connectivity index is 1.98. The van der Waals surface area contributed by atoms with Crippen molar-refractivity contribution in [1.29, 1.82) is 0 Å². The van der Waals surface area contributed by atoms with Crippen molar-refractivity contribution in [3.63, 3.8) is 0 Å². The second kappa shape index (κ2) is 6.88. The van der Waals surface area contributed by atoms with E-state index in [1.165, 1.54) is 12.6 Å². The molecule has 0 bridgehead atoms. The van der Waals surface area contributed by atoms with Crippen LogP contribution in [0.1, 0.15) is 48.5 Å². The van der Waals surface area contributed by atoms with Crippen molar-refractivity contribution in [2.45, 2.75) is 44.3 Å². The third-order valence-corrected chi connectivity index (χ3v) is 5.65. The Morgan fingerprint density at radius 3 is 2.67 bits per heavy atom. The third-order valence-electron chi connectivity index (χ3n) is 5.65. The van der Waals surface area contributed by atoms with Crippen LogP contribution in [0.25, 0.3) is 10.9 Å². The van der Waals surface area contributed by atoms with Gasteiger partial charge in [0.05, 0.1) is 29.9 Å². The van der Waals surface area contributed by atoms with Gasteiger partial charge < -0.3 is 24.6 Å². The highest BCUT2D eigenvalue weighted by Crippen LogP contribution is 2.43. The van der Waals surface area contributed by atoms with E-state index in [0.717, 1.165) is 37.9 Å². The molecule has 4 rings (SSSR count). The van der Waals surface area contributed by atoms with E-state index in [9.17, 15) is 14.7 Å². The molecule has 7 nitrogen and oxygen atoms in total. The summed E-state index contributed by atoms with van der Waals surface area (Å²) in [4.78, 5) is 26.6. The molecule has 2 heterocycles. The van der Waals surface area contributed by atoms with Crippen molar-refractivity contribution in [2.24, 2.45) is 0 Å². The summed E-state index contributed by atoms with van der Waals surface area (Å²) < 4.78 is 7.73. The molecular formula is C20H25N3O4. The molecule has 2 fully saturated rings. The lowest BCUT2D eigenvalue weighted by atomic mass is 10.0. The molecule has 2 aliphatic rings. The van der Waals surface area contributed by atoms with Gasteiger partial charge in [-0.15, -0.1) is 0 Å². The molecule has 1 saturated heterocycles. The normalized spacial score (nSPS) is 20.1. The van der Waals surface area contributed by atoms with Gasteiger partial charge in [-0.1, -0.05) is 0 Å². The highest BCUT2D eigenvalue weighted by atomic mass is 16.5. The van der Waals surface area contributed by atoms with Crippen LogP contribution >= 0.6 is 0 Å². The minimum Gasteiger partial charge on any atom is -0.492 e. The fourth-order valence-electron chi connectivity index (χ4n) is 4.15. The third kappa shape index (κ3) is 2.96. The van der Waals surface area contributed by atoms with Crippen molar-refractivity contribution in [2.75, 3.05) is 25.6 Å². The summed E-state index contributed by atoms with van der Waals surface area (Å²) in [6, 6.07) is 3.86. The summed E-state index contributed by atoms with van der Waals surface area (Å²) in [5, 5.41) is 13.2. The first-order valence-electron chi connectivity index (χ1n) is 9.50. The molecular weight excluding hydrogens is 346 g/mol. The zero-order valence-electron chi connectivity index (χ0n) is 15.7. The number of anilines is 1. The van der Waals surface area contributed by atoms with Crippen LogP contribution in [-0.2, 0) is 0 Å². The lowest BCUT2D eigenvalue weighted by molar-refractivity contribution is 0.0695. The Kier molecular flexibility index (Phi) is 4.55. The summed E-state index contributed by atoms with van der Waals surface area (Å²) >= 11 is 0. The van der Waals surface area contributed by atoms with Gasteiger partial charge in [-0.05, 0) is 51.3 Å². The number of hydrogen-bond donors (Lipinski definition) is 2. The van der Waals surface area contributed by atoms with E-state index < -0.39 is 11.4 Å². The minimum atomic E-state index is -1.19. The van der Waals surface area contributed by atoms with Crippen LogP contribution in [0.15, 0.2) is 23.1 Å². The molecule has 0 radical (unpaired) electrons. The van der Waals surface area contributed by atoms with E-state index in [1.807, 2.05) is 17.7 Å². The summed E-state index contributed by atoms with van der Waals surface area (Å²) in [6.45, 7) is 0.911. The first-order valence-corrected chi connectivity index (χ1v) is 9.50. The van der Waals surface area contributed by atoms with Gasteiger partial charge >= 0.3 is 5.97 Å². The number of rotatable bonds is 5. The van der Waals surface area contributed by atoms with Crippen LogP contribution in [0.3, 0.4) is 0 Å². The molecule has 2 N–H and O–H groups in total. The van der Waals surface area contributed by atoms with Crippen molar-refractivity contribution < 1.29 is 14.6 Å². The number of benzene rings is 1. The van der Waals surface area contributed by atoms with Crippen LogP contribution < -0.4 is 20.4 Å². The second-order valence-corrected chi connectivity index (χ2v) is 7.32. The Hall–Kier alpha value is -2.54. The number of hydrogen-bond acceptors (Lipinski definition) is 5. The number of pyridine rings is 1. The molecule has 1 saturated carbocycles. The molecule has 1 aliphatic carbocycles. The Morgan fingerprint density at radius 1 is 1.26 bits per heavy atom. The van der Waals surface area contributed by atoms with E-state index >= 15 is 0 Å². The molecule has 1 aromatic heterocycles. The Bertz CT molecular complexity index is 948. The zero-order valence-corrected chi connectivity index (χ0v) is 15.7. The maximum Gasteiger partial charge on any atom is 0.341 e. The molecule has 144 valence electrons. The van der Waals surface area contributed by atoms with Crippen LogP contribution in [-0.4, -0.2) is 42.5 Å². The Labute approximate surface area is 157 Å². The van der Waals surface area contributed by atoms with Gasteiger partial charge in [0.1, 0.15) is 5.56 Å². The van der Waals surface area contributed by atoms with E-state index in [0.29, 0.717) is 16.7 Å². The van der Waals surface area contributed by atoms with Crippen molar-refractivity contribution in [3.8, 4) is 5.75 Å². The molecule has 1 atom stereocenters. The fraction of sp³-hybridized carbons (Fsp3) is 0.500. The number of piperidine rings is 1. The summed E-state index contributed by atoms with van der Waals surface area (Å²) in [5.74, 6) is -0.541. The van der Waals surface area contributed by atoms with Gasteiger partial charge in [-0.25, -0.2) is 4.79 Å². The SMILES string of the molecule is CNC1CCCCN1c1ccc2c(=O)c(C(=O)O)cn(C3CC3)c2c1OC. The first kappa shape index (κ1) is 17.9. The quantitative estimate of drug-likeness (QED) is 0.840. The molecule has 0 spiro atoms. The van der Waals surface area contributed by atoms with E-state index in [4.69, 9.17) is 4.74 Å². The number of nitrogens with zero attached hydrogens (tertiary/aromatic N) is 2. The van der Waals surface area contributed by atoms with E-state index in [-0.39, 0.29) is 17.8 Å². The first-order chi connectivity index (χ1) is 13.1. The van der Waals surface area contributed by atoms with E-state index in [2.05, 4.69) is 10.2 Å². The number of aromatic nitrogens is 1. The number of carbonyl (C=O) groups is 1. The molecule has 0 amide bonds. The molecule has 27 heavy (non-hydrogen) atoms. The van der Waals surface area contributed by atoms with Gasteiger partial charge in [0.25, 0.3) is 0 Å². The fourth-order valence-corrected chi connectivity index (χ4v) is 4.15. The maximum atomic E-state index is 12.8. The molecule has 1 aliphatic heterocycles. The van der Waals surface area contributed by atoms with Gasteiger partial charge in [0.15, 0.2) is 5.75 Å². The second-order valence-electron chi connectivity index (χ2n) is 7.32. The minimum absolute atomic E-state index is 0.185.